The van der Waals surface area contributed by atoms with Crippen molar-refractivity contribution in [1.82, 2.24) is 10.6 Å². The predicted molar refractivity (Wildman–Crippen MR) is 71.0 cm³/mol. The van der Waals surface area contributed by atoms with E-state index in [0.29, 0.717) is 18.2 Å². The van der Waals surface area contributed by atoms with Gasteiger partial charge in [-0.15, -0.1) is 12.4 Å². The first kappa shape index (κ1) is 13.6. The number of halogens is 1. The summed E-state index contributed by atoms with van der Waals surface area (Å²) in [6, 6.07) is 0.350. The van der Waals surface area contributed by atoms with E-state index in [2.05, 4.69) is 15.8 Å². The lowest BCUT2D eigenvalue weighted by atomic mass is 9.96. The van der Waals surface area contributed by atoms with Crippen LogP contribution in [0.1, 0.15) is 38.5 Å². The minimum Gasteiger partial charge on any atom is -0.387 e. The first-order valence-corrected chi connectivity index (χ1v) is 6.54. The molecule has 0 radical (unpaired) electrons. The van der Waals surface area contributed by atoms with Gasteiger partial charge < -0.3 is 15.5 Å². The van der Waals surface area contributed by atoms with Gasteiger partial charge in [0.1, 0.15) is 5.71 Å². The molecule has 0 aromatic rings. The van der Waals surface area contributed by atoms with Crippen LogP contribution in [0.3, 0.4) is 0 Å². The quantitative estimate of drug-likeness (QED) is 0.788. The Morgan fingerprint density at radius 3 is 2.89 bits per heavy atom. The molecule has 3 rings (SSSR count). The second-order valence-corrected chi connectivity index (χ2v) is 5.37. The van der Waals surface area contributed by atoms with Crippen LogP contribution in [0.5, 0.6) is 0 Å². The summed E-state index contributed by atoms with van der Waals surface area (Å²) in [5.41, 5.74) is 0.336. The van der Waals surface area contributed by atoms with Crippen molar-refractivity contribution in [3.8, 4) is 0 Å². The number of nitrogens with zero attached hydrogens (tertiary/aromatic N) is 1. The second kappa shape index (κ2) is 5.45. The van der Waals surface area contributed by atoms with E-state index in [4.69, 9.17) is 4.84 Å². The van der Waals surface area contributed by atoms with E-state index >= 15 is 0 Å². The molecule has 18 heavy (non-hydrogen) atoms. The van der Waals surface area contributed by atoms with Gasteiger partial charge in [-0.2, -0.15) is 0 Å². The maximum absolute atomic E-state index is 12.0. The molecule has 1 aliphatic carbocycles. The summed E-state index contributed by atoms with van der Waals surface area (Å²) < 4.78 is 0. The van der Waals surface area contributed by atoms with Crippen LogP contribution in [0, 0.1) is 0 Å². The highest BCUT2D eigenvalue weighted by Crippen LogP contribution is 2.30. The van der Waals surface area contributed by atoms with Crippen molar-refractivity contribution in [3.05, 3.63) is 0 Å². The third kappa shape index (κ3) is 2.62. The zero-order valence-corrected chi connectivity index (χ0v) is 11.2. The van der Waals surface area contributed by atoms with Crippen molar-refractivity contribution in [1.29, 1.82) is 0 Å². The maximum Gasteiger partial charge on any atom is 0.269 e. The van der Waals surface area contributed by atoms with Gasteiger partial charge in [-0.3, -0.25) is 4.79 Å². The van der Waals surface area contributed by atoms with Crippen LogP contribution in [0.15, 0.2) is 5.16 Å². The predicted octanol–water partition coefficient (Wildman–Crippen LogP) is 0.975. The largest absolute Gasteiger partial charge is 0.387 e. The third-order valence-corrected chi connectivity index (χ3v) is 4.00. The van der Waals surface area contributed by atoms with E-state index in [1.54, 1.807) is 0 Å². The van der Waals surface area contributed by atoms with Gasteiger partial charge >= 0.3 is 0 Å². The van der Waals surface area contributed by atoms with Crippen LogP contribution in [0.4, 0.5) is 0 Å². The first-order valence-electron chi connectivity index (χ1n) is 6.54. The van der Waals surface area contributed by atoms with Gasteiger partial charge in [0.2, 0.25) is 0 Å². The average molecular weight is 274 g/mol. The SMILES string of the molecule is Cl.O=C(NC1CCCC1)C1=NOC2(CCNC2)C1. The van der Waals surface area contributed by atoms with Crippen LogP contribution in [-0.4, -0.2) is 36.4 Å². The molecule has 2 heterocycles. The summed E-state index contributed by atoms with van der Waals surface area (Å²) in [6.45, 7) is 1.75. The molecular formula is C12H20ClN3O2. The molecule has 5 nitrogen and oxygen atoms in total. The van der Waals surface area contributed by atoms with Crippen LogP contribution in [0.2, 0.25) is 0 Å². The van der Waals surface area contributed by atoms with Gasteiger partial charge in [0.15, 0.2) is 5.60 Å². The first-order chi connectivity index (χ1) is 8.27. The molecule has 2 N–H and O–H groups in total. The second-order valence-electron chi connectivity index (χ2n) is 5.37. The number of amides is 1. The summed E-state index contributed by atoms with van der Waals surface area (Å²) in [6.07, 6.45) is 6.25. The van der Waals surface area contributed by atoms with Gasteiger partial charge in [0.05, 0.1) is 0 Å². The number of hydrogen-bond acceptors (Lipinski definition) is 4. The van der Waals surface area contributed by atoms with Crippen molar-refractivity contribution >= 4 is 24.0 Å². The topological polar surface area (TPSA) is 62.7 Å². The minimum atomic E-state index is -0.234. The molecule has 1 atom stereocenters. The van der Waals surface area contributed by atoms with Crippen LogP contribution in [0.25, 0.3) is 0 Å². The van der Waals surface area contributed by atoms with E-state index in [0.717, 1.165) is 32.4 Å². The van der Waals surface area contributed by atoms with Crippen LogP contribution < -0.4 is 10.6 Å². The minimum absolute atomic E-state index is 0. The molecule has 102 valence electrons. The normalized spacial score (nSPS) is 31.0. The van der Waals surface area contributed by atoms with E-state index in [9.17, 15) is 4.79 Å². The fraction of sp³-hybridized carbons (Fsp3) is 0.833. The molecule has 2 aliphatic heterocycles. The van der Waals surface area contributed by atoms with Gasteiger partial charge in [-0.1, -0.05) is 18.0 Å². The Morgan fingerprint density at radius 2 is 2.22 bits per heavy atom. The summed E-state index contributed by atoms with van der Waals surface area (Å²) in [4.78, 5) is 17.5. The van der Waals surface area contributed by atoms with Gasteiger partial charge in [0.25, 0.3) is 5.91 Å². The molecule has 0 bridgehead atoms. The van der Waals surface area contributed by atoms with E-state index in [1.165, 1.54) is 12.8 Å². The molecule has 2 fully saturated rings. The van der Waals surface area contributed by atoms with Crippen molar-refractivity contribution in [2.24, 2.45) is 5.16 Å². The fourth-order valence-electron chi connectivity index (χ4n) is 2.93. The summed E-state index contributed by atoms with van der Waals surface area (Å²) in [5, 5.41) is 10.3. The maximum atomic E-state index is 12.0. The highest BCUT2D eigenvalue weighted by Gasteiger charge is 2.43. The summed E-state index contributed by atoms with van der Waals surface area (Å²) in [5.74, 6) is -0.0272. The van der Waals surface area contributed by atoms with E-state index in [-0.39, 0.29) is 23.9 Å². The number of carbonyl (C=O) groups is 1. The Kier molecular flexibility index (Phi) is 4.12. The summed E-state index contributed by atoms with van der Waals surface area (Å²) in [7, 11) is 0. The number of nitrogens with one attached hydrogen (secondary N) is 2. The number of carbonyl (C=O) groups excluding carboxylic acids is 1. The summed E-state index contributed by atoms with van der Waals surface area (Å²) >= 11 is 0. The Morgan fingerprint density at radius 1 is 1.44 bits per heavy atom. The number of oxime groups is 1. The molecule has 1 unspecified atom stereocenters. The molecule has 1 spiro atoms. The highest BCUT2D eigenvalue weighted by atomic mass is 35.5. The van der Waals surface area contributed by atoms with Crippen molar-refractivity contribution in [3.63, 3.8) is 0 Å². The molecule has 1 saturated heterocycles. The highest BCUT2D eigenvalue weighted by molar-refractivity contribution is 6.39. The Bertz CT molecular complexity index is 347. The van der Waals surface area contributed by atoms with Gasteiger partial charge in [0, 0.05) is 25.4 Å². The lowest BCUT2D eigenvalue weighted by Gasteiger charge is -2.18. The Hall–Kier alpha value is -0.810. The smallest absolute Gasteiger partial charge is 0.269 e. The zero-order valence-electron chi connectivity index (χ0n) is 10.4. The van der Waals surface area contributed by atoms with Crippen LogP contribution >= 0.6 is 12.4 Å². The lowest BCUT2D eigenvalue weighted by Crippen LogP contribution is -2.39. The van der Waals surface area contributed by atoms with Crippen LogP contribution in [-0.2, 0) is 9.63 Å². The van der Waals surface area contributed by atoms with Crippen molar-refractivity contribution < 1.29 is 9.63 Å². The average Bonchev–Trinajstić information content (AvgIpc) is 3.03. The zero-order chi connectivity index (χ0) is 11.7. The van der Waals surface area contributed by atoms with E-state index in [1.807, 2.05) is 0 Å². The number of hydrogen-bond donors (Lipinski definition) is 2. The molecule has 1 saturated carbocycles. The molecular weight excluding hydrogens is 254 g/mol. The fourth-order valence-corrected chi connectivity index (χ4v) is 2.93. The Balaban J connectivity index is 0.00000120. The van der Waals surface area contributed by atoms with E-state index < -0.39 is 0 Å². The Labute approximate surface area is 113 Å². The molecule has 0 aromatic heterocycles. The molecule has 6 heteroatoms. The monoisotopic (exact) mass is 273 g/mol. The van der Waals surface area contributed by atoms with Gasteiger partial charge in [-0.05, 0) is 19.4 Å². The standard InChI is InChI=1S/C12H19N3O2.ClH/c16-11(14-9-3-1-2-4-9)10-7-12(17-15-10)5-6-13-8-12;/h9,13H,1-8H2,(H,14,16);1H. The van der Waals surface area contributed by atoms with Crippen molar-refractivity contribution in [2.45, 2.75) is 50.2 Å². The third-order valence-electron chi connectivity index (χ3n) is 4.00. The molecule has 3 aliphatic rings. The number of rotatable bonds is 2. The molecule has 0 aromatic carbocycles. The van der Waals surface area contributed by atoms with Crippen molar-refractivity contribution in [2.75, 3.05) is 13.1 Å². The lowest BCUT2D eigenvalue weighted by molar-refractivity contribution is -0.115. The van der Waals surface area contributed by atoms with Gasteiger partial charge in [-0.25, -0.2) is 0 Å². The molecule has 1 amide bonds.